The van der Waals surface area contributed by atoms with Gasteiger partial charge in [-0.2, -0.15) is 35.1 Å². The van der Waals surface area contributed by atoms with Crippen LogP contribution in [0.5, 0.6) is 0 Å². The van der Waals surface area contributed by atoms with Crippen LogP contribution in [0.2, 0.25) is 0 Å². The summed E-state index contributed by atoms with van der Waals surface area (Å²) in [6.07, 6.45) is 3.32. The van der Waals surface area contributed by atoms with Gasteiger partial charge in [-0.15, -0.1) is 0 Å². The van der Waals surface area contributed by atoms with Crippen LogP contribution in [0, 0.1) is 0 Å². The van der Waals surface area contributed by atoms with Crippen LogP contribution in [0.4, 0.5) is 35.1 Å². The highest BCUT2D eigenvalue weighted by molar-refractivity contribution is 14.1. The number of alkyl halides is 9. The van der Waals surface area contributed by atoms with Crippen LogP contribution in [0.25, 0.3) is 0 Å². The molecule has 0 saturated carbocycles. The Morgan fingerprint density at radius 2 is 1.35 bits per heavy atom. The van der Waals surface area contributed by atoms with Gasteiger partial charge in [-0.25, -0.2) is 0 Å². The Hall–Kier alpha value is 0.200. The van der Waals surface area contributed by atoms with Gasteiger partial charge in [0.1, 0.15) is 0 Å². The van der Waals surface area contributed by atoms with E-state index in [4.69, 9.17) is 0 Å². The molecule has 0 unspecified atom stereocenters. The van der Waals surface area contributed by atoms with Crippen molar-refractivity contribution in [1.82, 2.24) is 0 Å². The molecule has 0 aromatic heterocycles. The zero-order valence-corrected chi connectivity index (χ0v) is 15.0. The van der Waals surface area contributed by atoms with Crippen molar-refractivity contribution in [1.29, 1.82) is 0 Å². The summed E-state index contributed by atoms with van der Waals surface area (Å²) in [5, 5.41) is -5.81. The maximum atomic E-state index is 13.4. The Labute approximate surface area is 147 Å². The second kappa shape index (κ2) is 8.53. The van der Waals surface area contributed by atoms with Crippen molar-refractivity contribution in [3.63, 3.8) is 0 Å². The minimum Gasteiger partial charge on any atom is -0.195 e. The molecule has 23 heavy (non-hydrogen) atoms. The molecule has 0 bridgehead atoms. The number of hydrogen-bond donors (Lipinski definition) is 0. The second-order valence-corrected chi connectivity index (χ2v) is 6.89. The van der Waals surface area contributed by atoms with Crippen LogP contribution in [-0.4, -0.2) is 23.1 Å². The predicted molar refractivity (Wildman–Crippen MR) is 81.1 cm³/mol. The summed E-state index contributed by atoms with van der Waals surface area (Å²) in [7, 11) is 0. The highest BCUT2D eigenvalue weighted by atomic mass is 127. The fraction of sp³-hybridized carbons (Fsp3) is 0.846. The lowest BCUT2D eigenvalue weighted by Crippen LogP contribution is -2.59. The molecule has 0 aliphatic carbocycles. The molecular weight excluding hydrogens is 470 g/mol. The fourth-order valence-corrected chi connectivity index (χ4v) is 2.54. The molecule has 0 atom stereocenters. The molecule has 0 amide bonds. The molecule has 0 heterocycles. The largest absolute Gasteiger partial charge is 0.393 e. The number of rotatable bonds is 10. The topological polar surface area (TPSA) is 0 Å². The van der Waals surface area contributed by atoms with Gasteiger partial charge < -0.3 is 0 Å². The van der Waals surface area contributed by atoms with Crippen molar-refractivity contribution < 1.29 is 35.1 Å². The van der Waals surface area contributed by atoms with Crippen molar-refractivity contribution >= 4 is 34.2 Å². The van der Waals surface area contributed by atoms with Crippen molar-refractivity contribution in [2.45, 2.75) is 68.6 Å². The van der Waals surface area contributed by atoms with Gasteiger partial charge in [0.25, 0.3) is 0 Å². The molecule has 0 saturated heterocycles. The first-order chi connectivity index (χ1) is 10.2. The second-order valence-electron chi connectivity index (χ2n) is 5.02. The molecule has 10 heteroatoms. The maximum absolute atomic E-state index is 13.4. The van der Waals surface area contributed by atoms with Gasteiger partial charge in [-0.1, -0.05) is 32.6 Å². The first-order valence-corrected chi connectivity index (χ1v) is 8.23. The normalized spacial score (nSPS) is 15.2. The number of hydrogen-bond acceptors (Lipinski definition) is 0. The van der Waals surface area contributed by atoms with Gasteiger partial charge in [-0.3, -0.25) is 0 Å². The Morgan fingerprint density at radius 3 is 1.78 bits per heavy atom. The van der Waals surface area contributed by atoms with E-state index >= 15 is 0 Å². The van der Waals surface area contributed by atoms with Crippen molar-refractivity contribution in [2.75, 3.05) is 0 Å². The van der Waals surface area contributed by atoms with Gasteiger partial charge in [0.05, 0.1) is 0 Å². The van der Waals surface area contributed by atoms with Crippen molar-refractivity contribution in [2.24, 2.45) is 0 Å². The Bertz CT molecular complexity index is 403. The van der Waals surface area contributed by atoms with E-state index in [0.717, 1.165) is 19.3 Å². The molecule has 0 aliphatic rings. The van der Waals surface area contributed by atoms with Crippen LogP contribution >= 0.6 is 34.2 Å². The van der Waals surface area contributed by atoms with E-state index < -0.39 is 29.2 Å². The highest BCUT2D eigenvalue weighted by Gasteiger charge is 2.79. The third kappa shape index (κ3) is 5.89. The minimum absolute atomic E-state index is 0.0290. The van der Waals surface area contributed by atoms with Gasteiger partial charge >= 0.3 is 23.1 Å². The highest BCUT2D eigenvalue weighted by Crippen LogP contribution is 2.54. The van der Waals surface area contributed by atoms with Crippen LogP contribution in [0.1, 0.15) is 45.4 Å². The van der Waals surface area contributed by atoms with Crippen LogP contribution < -0.4 is 0 Å². The monoisotopic (exact) mass is 486 g/mol. The number of unbranched alkanes of at least 4 members (excludes halogenated alkanes) is 4. The zero-order chi connectivity index (χ0) is 18.5. The smallest absolute Gasteiger partial charge is 0.195 e. The summed E-state index contributed by atoms with van der Waals surface area (Å²) < 4.78 is 103. The van der Waals surface area contributed by atoms with Gasteiger partial charge in [-0.05, 0) is 50.6 Å². The molecule has 0 rings (SSSR count). The predicted octanol–water partition coefficient (Wildman–Crippen LogP) is 7.40. The molecule has 138 valence electrons. The zero-order valence-electron chi connectivity index (χ0n) is 12.1. The van der Waals surface area contributed by atoms with E-state index in [1.807, 2.05) is 6.92 Å². The summed E-state index contributed by atoms with van der Waals surface area (Å²) in [5.41, 5.74) is 0. The molecule has 0 radical (unpaired) electrons. The number of allylic oxidation sites excluding steroid dienone is 2. The summed E-state index contributed by atoms with van der Waals surface area (Å²) in [6.45, 7) is 1.96. The number of halogens is 10. The molecule has 0 fully saturated rings. The van der Waals surface area contributed by atoms with Crippen LogP contribution in [0.3, 0.4) is 0 Å². The lowest BCUT2D eigenvalue weighted by molar-refractivity contribution is -0.335. The molecule has 0 aromatic rings. The molecule has 0 aromatic carbocycles. The summed E-state index contributed by atoms with van der Waals surface area (Å²) >= 11 is 5.16. The van der Waals surface area contributed by atoms with Crippen LogP contribution in [-0.2, 0) is 0 Å². The van der Waals surface area contributed by atoms with E-state index in [0.29, 0.717) is 12.8 Å². The van der Waals surface area contributed by atoms with Crippen LogP contribution in [0.15, 0.2) is 9.66 Å². The third-order valence-corrected chi connectivity index (χ3v) is 4.11. The van der Waals surface area contributed by atoms with E-state index in [1.54, 1.807) is 0 Å². The Kier molecular flexibility index (Phi) is 8.60. The SMILES string of the molecule is CCCCCCC/C(I)=C\C(F)(F)C(F)(F)C(F)(F)C(F)(F)Cl. The van der Waals surface area contributed by atoms with Crippen molar-refractivity contribution in [3.05, 3.63) is 9.66 Å². The summed E-state index contributed by atoms with van der Waals surface area (Å²) in [5.74, 6) is -18.2. The molecule has 0 N–H and O–H groups in total. The van der Waals surface area contributed by atoms with E-state index in [2.05, 4.69) is 11.6 Å². The van der Waals surface area contributed by atoms with Gasteiger partial charge in [0.15, 0.2) is 0 Å². The summed E-state index contributed by atoms with van der Waals surface area (Å²) in [4.78, 5) is 0. The first kappa shape index (κ1) is 23.2. The Morgan fingerprint density at radius 1 is 0.870 bits per heavy atom. The van der Waals surface area contributed by atoms with Crippen molar-refractivity contribution in [3.8, 4) is 0 Å². The average molecular weight is 487 g/mol. The minimum atomic E-state index is -6.40. The lowest BCUT2D eigenvalue weighted by atomic mass is 10.0. The van der Waals surface area contributed by atoms with Gasteiger partial charge in [0, 0.05) is 6.08 Å². The molecular formula is C13H16ClF8I. The average Bonchev–Trinajstić information content (AvgIpc) is 2.36. The molecule has 0 aliphatic heterocycles. The van der Waals surface area contributed by atoms with E-state index in [-0.39, 0.29) is 10.0 Å². The first-order valence-electron chi connectivity index (χ1n) is 6.78. The summed E-state index contributed by atoms with van der Waals surface area (Å²) in [6, 6.07) is 0. The van der Waals surface area contributed by atoms with E-state index in [9.17, 15) is 35.1 Å². The lowest BCUT2D eigenvalue weighted by Gasteiger charge is -2.33. The molecule has 0 spiro atoms. The standard InChI is InChI=1S/C13H16ClF8I/c1-2-3-4-5-6-7-9(23)8-10(15,16)11(17,18)12(19,20)13(14,21)22/h8H,2-7H2,1H3/b9-8+. The van der Waals surface area contributed by atoms with Gasteiger partial charge in [0.2, 0.25) is 0 Å². The fourth-order valence-electron chi connectivity index (χ4n) is 1.64. The third-order valence-electron chi connectivity index (χ3n) is 3.03. The van der Waals surface area contributed by atoms with E-state index in [1.165, 1.54) is 22.6 Å². The quantitative estimate of drug-likeness (QED) is 0.131. The maximum Gasteiger partial charge on any atom is 0.393 e. The molecule has 0 nitrogen and oxygen atoms in total. The Balaban J connectivity index is 5.05.